The Kier molecular flexibility index (Phi) is 4.31. The van der Waals surface area contributed by atoms with Crippen molar-refractivity contribution < 1.29 is 4.79 Å². The average molecular weight is 370 g/mol. The summed E-state index contributed by atoms with van der Waals surface area (Å²) in [4.78, 5) is 19.2. The zero-order valence-electron chi connectivity index (χ0n) is 13.9. The van der Waals surface area contributed by atoms with E-state index in [0.717, 1.165) is 40.5 Å². The molecule has 0 saturated heterocycles. The first-order valence-electron chi connectivity index (χ1n) is 8.32. The Labute approximate surface area is 154 Å². The number of aryl methyl sites for hydroxylation is 2. The maximum Gasteiger partial charge on any atom is 0.263 e. The molecule has 4 nitrogen and oxygen atoms in total. The Hall–Kier alpha value is -2.18. The van der Waals surface area contributed by atoms with Crippen LogP contribution in [-0.2, 0) is 6.42 Å². The molecule has 1 aromatic carbocycles. The number of nitrogens with one attached hydrogen (secondary N) is 1. The summed E-state index contributed by atoms with van der Waals surface area (Å²) in [5, 5.41) is 6.14. The van der Waals surface area contributed by atoms with Crippen LogP contribution in [0.4, 0.5) is 5.69 Å². The highest BCUT2D eigenvalue weighted by atomic mass is 32.1. The summed E-state index contributed by atoms with van der Waals surface area (Å²) >= 11 is 3.11. The van der Waals surface area contributed by atoms with Crippen LogP contribution in [0.3, 0.4) is 0 Å². The number of aromatic nitrogens is 1. The molecular formula is C19H19N3OS2. The molecule has 1 amide bonds. The fourth-order valence-corrected chi connectivity index (χ4v) is 5.09. The second-order valence-corrected chi connectivity index (χ2v) is 8.23. The highest BCUT2D eigenvalue weighted by Crippen LogP contribution is 2.33. The molecule has 3 aromatic rings. The number of amides is 1. The van der Waals surface area contributed by atoms with Crippen molar-refractivity contribution in [2.45, 2.75) is 32.2 Å². The molecule has 128 valence electrons. The Morgan fingerprint density at radius 2 is 2.24 bits per heavy atom. The molecule has 1 unspecified atom stereocenters. The van der Waals surface area contributed by atoms with Gasteiger partial charge in [-0.15, -0.1) is 22.7 Å². The minimum absolute atomic E-state index is 0.0347. The standard InChI is InChI=1S/C19H19N3OS2/c1-11-17(25-19(21-11)16-6-3-9-24-16)18(23)22-15-5-2-4-12-10-13(20)7-8-14(12)15/h3,6-10,15H,2,4-5,20H2,1H3,(H,22,23). The molecule has 2 heterocycles. The third kappa shape index (κ3) is 3.19. The molecule has 4 rings (SSSR count). The molecule has 25 heavy (non-hydrogen) atoms. The van der Waals surface area contributed by atoms with Gasteiger partial charge in [0.25, 0.3) is 5.91 Å². The van der Waals surface area contributed by atoms with E-state index in [9.17, 15) is 4.79 Å². The summed E-state index contributed by atoms with van der Waals surface area (Å²) in [5.41, 5.74) is 9.91. The van der Waals surface area contributed by atoms with Crippen LogP contribution >= 0.6 is 22.7 Å². The Balaban J connectivity index is 1.58. The van der Waals surface area contributed by atoms with E-state index in [1.807, 2.05) is 42.6 Å². The van der Waals surface area contributed by atoms with E-state index in [2.05, 4.69) is 10.3 Å². The number of thiazole rings is 1. The minimum Gasteiger partial charge on any atom is -0.399 e. The van der Waals surface area contributed by atoms with Gasteiger partial charge in [0.15, 0.2) is 0 Å². The number of carbonyl (C=O) groups is 1. The Bertz CT molecular complexity index is 915. The molecule has 2 aromatic heterocycles. The maximum atomic E-state index is 12.8. The number of nitrogen functional groups attached to an aromatic ring is 1. The van der Waals surface area contributed by atoms with E-state index < -0.39 is 0 Å². The number of thiophene rings is 1. The van der Waals surface area contributed by atoms with Crippen LogP contribution in [0, 0.1) is 6.92 Å². The molecule has 0 fully saturated rings. The van der Waals surface area contributed by atoms with Gasteiger partial charge in [-0.25, -0.2) is 4.98 Å². The molecule has 3 N–H and O–H groups in total. The van der Waals surface area contributed by atoms with E-state index in [-0.39, 0.29) is 11.9 Å². The van der Waals surface area contributed by atoms with Gasteiger partial charge in [0, 0.05) is 5.69 Å². The second kappa shape index (κ2) is 6.61. The number of rotatable bonds is 3. The number of benzene rings is 1. The Morgan fingerprint density at radius 1 is 1.36 bits per heavy atom. The largest absolute Gasteiger partial charge is 0.399 e. The third-order valence-corrected chi connectivity index (χ3v) is 6.72. The predicted octanol–water partition coefficient (Wildman–Crippen LogP) is 4.57. The average Bonchev–Trinajstić information content (AvgIpc) is 3.24. The van der Waals surface area contributed by atoms with Crippen molar-refractivity contribution in [3.05, 3.63) is 57.4 Å². The first-order valence-corrected chi connectivity index (χ1v) is 10.0. The number of nitrogens with two attached hydrogens (primary N) is 1. The topological polar surface area (TPSA) is 68.0 Å². The molecule has 0 radical (unpaired) electrons. The van der Waals surface area contributed by atoms with Gasteiger partial charge in [-0.05, 0) is 60.9 Å². The Morgan fingerprint density at radius 3 is 3.04 bits per heavy atom. The van der Waals surface area contributed by atoms with Crippen LogP contribution in [0.15, 0.2) is 35.7 Å². The highest BCUT2D eigenvalue weighted by Gasteiger charge is 2.24. The summed E-state index contributed by atoms with van der Waals surface area (Å²) in [6.45, 7) is 1.90. The van der Waals surface area contributed by atoms with Crippen molar-refractivity contribution in [3.8, 4) is 9.88 Å². The lowest BCUT2D eigenvalue weighted by atomic mass is 9.87. The van der Waals surface area contributed by atoms with Crippen molar-refractivity contribution in [2.24, 2.45) is 0 Å². The van der Waals surface area contributed by atoms with Gasteiger partial charge in [-0.3, -0.25) is 4.79 Å². The number of nitrogens with zero attached hydrogens (tertiary/aromatic N) is 1. The molecule has 1 atom stereocenters. The summed E-state index contributed by atoms with van der Waals surface area (Å²) in [5.74, 6) is -0.0347. The van der Waals surface area contributed by atoms with E-state index >= 15 is 0 Å². The van der Waals surface area contributed by atoms with Gasteiger partial charge in [-0.1, -0.05) is 12.1 Å². The molecule has 0 aliphatic heterocycles. The van der Waals surface area contributed by atoms with Gasteiger partial charge < -0.3 is 11.1 Å². The van der Waals surface area contributed by atoms with Crippen LogP contribution in [0.5, 0.6) is 0 Å². The fourth-order valence-electron chi connectivity index (χ4n) is 3.32. The maximum absolute atomic E-state index is 12.8. The van der Waals surface area contributed by atoms with Crippen molar-refractivity contribution >= 4 is 34.3 Å². The number of hydrogen-bond acceptors (Lipinski definition) is 5. The first kappa shape index (κ1) is 16.3. The molecule has 1 aliphatic carbocycles. The lowest BCUT2D eigenvalue weighted by Crippen LogP contribution is -2.30. The van der Waals surface area contributed by atoms with E-state index in [4.69, 9.17) is 5.73 Å². The normalized spacial score (nSPS) is 16.4. The summed E-state index contributed by atoms with van der Waals surface area (Å²) in [6, 6.07) is 10.1. The number of anilines is 1. The molecule has 6 heteroatoms. The SMILES string of the molecule is Cc1nc(-c2cccs2)sc1C(=O)NC1CCCc2cc(N)ccc21. The van der Waals surface area contributed by atoms with Crippen molar-refractivity contribution in [3.63, 3.8) is 0 Å². The van der Waals surface area contributed by atoms with Crippen molar-refractivity contribution in [1.82, 2.24) is 10.3 Å². The smallest absolute Gasteiger partial charge is 0.263 e. The van der Waals surface area contributed by atoms with Gasteiger partial charge in [0.2, 0.25) is 0 Å². The number of fused-ring (bicyclic) bond motifs is 1. The van der Waals surface area contributed by atoms with Gasteiger partial charge in [0.05, 0.1) is 16.6 Å². The van der Waals surface area contributed by atoms with Crippen LogP contribution < -0.4 is 11.1 Å². The highest BCUT2D eigenvalue weighted by molar-refractivity contribution is 7.22. The molecule has 1 aliphatic rings. The second-order valence-electron chi connectivity index (χ2n) is 6.29. The van der Waals surface area contributed by atoms with Crippen molar-refractivity contribution in [2.75, 3.05) is 5.73 Å². The number of carbonyl (C=O) groups excluding carboxylic acids is 1. The first-order chi connectivity index (χ1) is 12.1. The van der Waals surface area contributed by atoms with Crippen LogP contribution in [0.25, 0.3) is 9.88 Å². The fraction of sp³-hybridized carbons (Fsp3) is 0.263. The quantitative estimate of drug-likeness (QED) is 0.665. The van der Waals surface area contributed by atoms with E-state index in [1.165, 1.54) is 22.5 Å². The lowest BCUT2D eigenvalue weighted by molar-refractivity contribution is 0.0936. The molecule has 0 saturated carbocycles. The van der Waals surface area contributed by atoms with Crippen LogP contribution in [0.1, 0.15) is 45.4 Å². The summed E-state index contributed by atoms with van der Waals surface area (Å²) < 4.78 is 0. The molecule has 0 bridgehead atoms. The van der Waals surface area contributed by atoms with Crippen molar-refractivity contribution in [1.29, 1.82) is 0 Å². The lowest BCUT2D eigenvalue weighted by Gasteiger charge is -2.26. The van der Waals surface area contributed by atoms with Gasteiger partial charge >= 0.3 is 0 Å². The summed E-state index contributed by atoms with van der Waals surface area (Å²) in [6.07, 6.45) is 3.04. The van der Waals surface area contributed by atoms with Crippen LogP contribution in [0.2, 0.25) is 0 Å². The zero-order chi connectivity index (χ0) is 17.4. The molecule has 0 spiro atoms. The van der Waals surface area contributed by atoms with E-state index in [1.54, 1.807) is 11.3 Å². The third-order valence-electron chi connectivity index (χ3n) is 4.52. The van der Waals surface area contributed by atoms with Gasteiger partial charge in [0.1, 0.15) is 9.88 Å². The molecular weight excluding hydrogens is 350 g/mol. The van der Waals surface area contributed by atoms with E-state index in [0.29, 0.717) is 4.88 Å². The van der Waals surface area contributed by atoms with Gasteiger partial charge in [-0.2, -0.15) is 0 Å². The minimum atomic E-state index is -0.0347. The van der Waals surface area contributed by atoms with Crippen LogP contribution in [-0.4, -0.2) is 10.9 Å². The zero-order valence-corrected chi connectivity index (χ0v) is 15.5. The predicted molar refractivity (Wildman–Crippen MR) is 104 cm³/mol. The monoisotopic (exact) mass is 369 g/mol. The summed E-state index contributed by atoms with van der Waals surface area (Å²) in [7, 11) is 0. The number of hydrogen-bond donors (Lipinski definition) is 2.